The molecule has 0 aromatic heterocycles. The largest absolute Gasteiger partial charge is 0.490 e. The molecule has 0 radical (unpaired) electrons. The Bertz CT molecular complexity index is 1390. The second-order valence-electron chi connectivity index (χ2n) is 7.19. The van der Waals surface area contributed by atoms with Crippen molar-refractivity contribution in [1.29, 1.82) is 5.26 Å². The van der Waals surface area contributed by atoms with Crippen LogP contribution in [0.5, 0.6) is 11.5 Å². The van der Waals surface area contributed by atoms with Gasteiger partial charge < -0.3 is 14.8 Å². The van der Waals surface area contributed by atoms with E-state index in [1.165, 1.54) is 24.3 Å². The van der Waals surface area contributed by atoms with Crippen LogP contribution in [0.25, 0.3) is 6.08 Å². The topological polar surface area (TPSA) is 114 Å². The molecule has 3 aromatic carbocycles. The van der Waals surface area contributed by atoms with Gasteiger partial charge in [0.2, 0.25) is 0 Å². The van der Waals surface area contributed by atoms with Gasteiger partial charge in [-0.25, -0.2) is 0 Å². The fourth-order valence-electron chi connectivity index (χ4n) is 3.06. The monoisotopic (exact) mass is 681 g/mol. The SMILES string of the molecule is CCOc1cc(/C=C(\C#N)C(=O)Nc2ccc([N+](=O)[O-])cc2Br)cc(I)c1OCc1ccccc1Cl. The third kappa shape index (κ3) is 6.96. The van der Waals surface area contributed by atoms with Crippen LogP contribution in [0.3, 0.4) is 0 Å². The van der Waals surface area contributed by atoms with Crippen LogP contribution in [0.2, 0.25) is 5.02 Å². The smallest absolute Gasteiger partial charge is 0.270 e. The molecule has 0 bridgehead atoms. The molecule has 36 heavy (non-hydrogen) atoms. The zero-order valence-corrected chi connectivity index (χ0v) is 23.3. The molecule has 3 rings (SSSR count). The number of rotatable bonds is 9. The van der Waals surface area contributed by atoms with Crippen molar-refractivity contribution in [3.05, 3.63) is 94.5 Å². The lowest BCUT2D eigenvalue weighted by atomic mass is 10.1. The summed E-state index contributed by atoms with van der Waals surface area (Å²) in [6, 6.07) is 16.6. The van der Waals surface area contributed by atoms with Crippen LogP contribution in [0.1, 0.15) is 18.1 Å². The molecular formula is C25H18BrClIN3O5. The lowest BCUT2D eigenvalue weighted by molar-refractivity contribution is -0.384. The van der Waals surface area contributed by atoms with Gasteiger partial charge in [-0.1, -0.05) is 29.8 Å². The van der Waals surface area contributed by atoms with Crippen molar-refractivity contribution in [1.82, 2.24) is 0 Å². The minimum atomic E-state index is -0.668. The number of hydrogen-bond donors (Lipinski definition) is 1. The van der Waals surface area contributed by atoms with E-state index in [1.807, 2.05) is 31.2 Å². The first-order valence-electron chi connectivity index (χ1n) is 10.4. The number of nitro groups is 1. The number of amides is 1. The molecule has 0 heterocycles. The first-order valence-corrected chi connectivity index (χ1v) is 12.7. The Kier molecular flexibility index (Phi) is 9.69. The summed E-state index contributed by atoms with van der Waals surface area (Å²) in [5.41, 5.74) is 1.37. The Morgan fingerprint density at radius 1 is 1.25 bits per heavy atom. The van der Waals surface area contributed by atoms with Crippen molar-refractivity contribution in [2.24, 2.45) is 0 Å². The number of nitriles is 1. The number of nitro benzene ring substituents is 1. The maximum Gasteiger partial charge on any atom is 0.270 e. The van der Waals surface area contributed by atoms with E-state index in [0.717, 1.165) is 5.56 Å². The molecule has 0 saturated heterocycles. The van der Waals surface area contributed by atoms with Gasteiger partial charge in [0, 0.05) is 27.2 Å². The van der Waals surface area contributed by atoms with Crippen molar-refractivity contribution in [3.63, 3.8) is 0 Å². The second-order valence-corrected chi connectivity index (χ2v) is 9.61. The molecule has 11 heteroatoms. The number of nitrogens with one attached hydrogen (secondary N) is 1. The Balaban J connectivity index is 1.86. The average Bonchev–Trinajstić information content (AvgIpc) is 2.84. The van der Waals surface area contributed by atoms with E-state index in [9.17, 15) is 20.2 Å². The number of benzene rings is 3. The van der Waals surface area contributed by atoms with E-state index in [0.29, 0.717) is 42.4 Å². The molecule has 0 unspecified atom stereocenters. The van der Waals surface area contributed by atoms with Crippen LogP contribution >= 0.6 is 50.1 Å². The number of carbonyl (C=O) groups excluding carboxylic acids is 1. The van der Waals surface area contributed by atoms with Gasteiger partial charge in [-0.2, -0.15) is 5.26 Å². The van der Waals surface area contributed by atoms with Gasteiger partial charge in [0.1, 0.15) is 18.2 Å². The van der Waals surface area contributed by atoms with Crippen LogP contribution in [-0.4, -0.2) is 17.4 Å². The average molecular weight is 683 g/mol. The molecule has 0 aliphatic rings. The van der Waals surface area contributed by atoms with E-state index in [4.69, 9.17) is 21.1 Å². The van der Waals surface area contributed by atoms with Gasteiger partial charge in [0.05, 0.1) is 20.8 Å². The highest BCUT2D eigenvalue weighted by Crippen LogP contribution is 2.36. The normalized spacial score (nSPS) is 10.9. The summed E-state index contributed by atoms with van der Waals surface area (Å²) >= 11 is 11.5. The Labute approximate surface area is 234 Å². The minimum Gasteiger partial charge on any atom is -0.490 e. The molecule has 0 aliphatic carbocycles. The highest BCUT2D eigenvalue weighted by Gasteiger charge is 2.17. The number of halogens is 3. The highest BCUT2D eigenvalue weighted by atomic mass is 127. The molecule has 184 valence electrons. The number of anilines is 1. The number of ether oxygens (including phenoxy) is 2. The van der Waals surface area contributed by atoms with Crippen LogP contribution in [-0.2, 0) is 11.4 Å². The summed E-state index contributed by atoms with van der Waals surface area (Å²) in [5.74, 6) is 0.310. The van der Waals surface area contributed by atoms with Gasteiger partial charge in [0.25, 0.3) is 11.6 Å². The van der Waals surface area contributed by atoms with Crippen molar-refractivity contribution >= 4 is 73.5 Å². The maximum atomic E-state index is 12.7. The summed E-state index contributed by atoms with van der Waals surface area (Å²) < 4.78 is 12.8. The van der Waals surface area contributed by atoms with E-state index < -0.39 is 10.8 Å². The maximum absolute atomic E-state index is 12.7. The number of nitrogens with zero attached hydrogens (tertiary/aromatic N) is 2. The lowest BCUT2D eigenvalue weighted by Gasteiger charge is -2.15. The summed E-state index contributed by atoms with van der Waals surface area (Å²) in [6.45, 7) is 2.45. The minimum absolute atomic E-state index is 0.134. The predicted octanol–water partition coefficient (Wildman–Crippen LogP) is 7.14. The highest BCUT2D eigenvalue weighted by molar-refractivity contribution is 14.1. The Morgan fingerprint density at radius 3 is 2.64 bits per heavy atom. The summed E-state index contributed by atoms with van der Waals surface area (Å²) in [5, 5.41) is 23.7. The molecule has 3 aromatic rings. The fourth-order valence-corrected chi connectivity index (χ4v) is 4.50. The summed E-state index contributed by atoms with van der Waals surface area (Å²) in [7, 11) is 0. The molecule has 0 atom stereocenters. The summed E-state index contributed by atoms with van der Waals surface area (Å²) in [6.07, 6.45) is 1.43. The number of non-ortho nitro benzene ring substituents is 1. The molecule has 0 saturated carbocycles. The van der Waals surface area contributed by atoms with Gasteiger partial charge >= 0.3 is 0 Å². The third-order valence-electron chi connectivity index (χ3n) is 4.75. The van der Waals surface area contributed by atoms with E-state index in [1.54, 1.807) is 18.2 Å². The lowest BCUT2D eigenvalue weighted by Crippen LogP contribution is -2.14. The molecule has 0 aliphatic heterocycles. The van der Waals surface area contributed by atoms with Crippen molar-refractivity contribution in [3.8, 4) is 17.6 Å². The Hall–Kier alpha value is -3.14. The first kappa shape index (κ1) is 27.4. The molecule has 0 fully saturated rings. The quantitative estimate of drug-likeness (QED) is 0.0844. The van der Waals surface area contributed by atoms with Crippen molar-refractivity contribution in [2.75, 3.05) is 11.9 Å². The first-order chi connectivity index (χ1) is 17.2. The van der Waals surface area contributed by atoms with Gasteiger partial charge in [-0.15, -0.1) is 0 Å². The van der Waals surface area contributed by atoms with Crippen LogP contribution in [0.4, 0.5) is 11.4 Å². The molecule has 0 spiro atoms. The molecular weight excluding hydrogens is 665 g/mol. The van der Waals surface area contributed by atoms with E-state index >= 15 is 0 Å². The van der Waals surface area contributed by atoms with Gasteiger partial charge in [-0.05, 0) is 81.3 Å². The standard InChI is InChI=1S/C25H18BrClIN3O5/c1-2-35-23-11-15(10-21(28)24(23)36-14-16-5-3-4-6-20(16)27)9-17(13-29)25(32)30-22-8-7-18(31(33)34)12-19(22)26/h3-12H,2,14H2,1H3,(H,30,32)/b17-9+. The number of hydrogen-bond acceptors (Lipinski definition) is 6. The zero-order chi connectivity index (χ0) is 26.2. The Morgan fingerprint density at radius 2 is 2.00 bits per heavy atom. The van der Waals surface area contributed by atoms with E-state index in [-0.39, 0.29) is 17.9 Å². The van der Waals surface area contributed by atoms with E-state index in [2.05, 4.69) is 43.8 Å². The van der Waals surface area contributed by atoms with Crippen LogP contribution in [0.15, 0.2) is 64.6 Å². The van der Waals surface area contributed by atoms with Gasteiger partial charge in [0.15, 0.2) is 11.5 Å². The molecule has 1 amide bonds. The zero-order valence-electron chi connectivity index (χ0n) is 18.8. The third-order valence-corrected chi connectivity index (χ3v) is 6.58. The number of carbonyl (C=O) groups is 1. The van der Waals surface area contributed by atoms with Crippen molar-refractivity contribution < 1.29 is 19.2 Å². The van der Waals surface area contributed by atoms with Crippen LogP contribution in [0, 0.1) is 25.0 Å². The second kappa shape index (κ2) is 12.7. The molecule has 8 nitrogen and oxygen atoms in total. The molecule has 1 N–H and O–H groups in total. The van der Waals surface area contributed by atoms with Crippen molar-refractivity contribution in [2.45, 2.75) is 13.5 Å². The fraction of sp³-hybridized carbons (Fsp3) is 0.120. The summed E-state index contributed by atoms with van der Waals surface area (Å²) in [4.78, 5) is 23.1. The van der Waals surface area contributed by atoms with Crippen LogP contribution < -0.4 is 14.8 Å². The predicted molar refractivity (Wildman–Crippen MR) is 149 cm³/mol. The van der Waals surface area contributed by atoms with Gasteiger partial charge in [-0.3, -0.25) is 14.9 Å².